The highest BCUT2D eigenvalue weighted by atomic mass is 32.1. The van der Waals surface area contributed by atoms with Crippen molar-refractivity contribution in [2.24, 2.45) is 21.7 Å². The molecule has 0 aliphatic rings. The molecule has 8 heteroatoms. The number of nitrogens with two attached hydrogens (primary N) is 2. The Morgan fingerprint density at radius 2 is 1.96 bits per heavy atom. The van der Waals surface area contributed by atoms with Crippen LogP contribution in [0.3, 0.4) is 0 Å². The molecule has 0 spiro atoms. The molecular formula is C15H18N6OS. The van der Waals surface area contributed by atoms with Gasteiger partial charge in [-0.2, -0.15) is 5.10 Å². The summed E-state index contributed by atoms with van der Waals surface area (Å²) in [7, 11) is 0. The summed E-state index contributed by atoms with van der Waals surface area (Å²) in [5, 5.41) is 9.59. The maximum absolute atomic E-state index is 12.2. The Morgan fingerprint density at radius 1 is 1.30 bits per heavy atom. The normalized spacial score (nSPS) is 10.7. The average Bonchev–Trinajstić information content (AvgIpc) is 2.90. The first-order valence-electron chi connectivity index (χ1n) is 6.84. The van der Waals surface area contributed by atoms with E-state index in [0.717, 1.165) is 16.8 Å². The lowest BCUT2D eigenvalue weighted by atomic mass is 10.1. The number of para-hydroxylation sites is 1. The van der Waals surface area contributed by atoms with Crippen LogP contribution in [0.4, 0.5) is 10.8 Å². The number of amides is 1. The number of rotatable bonds is 4. The SMILES string of the molecule is CC(=O)N(c1nc(/C=N/N=C(N)N)cs1)c1c(C)cccc1C. The number of carbonyl (C=O) groups is 1. The van der Waals surface area contributed by atoms with Crippen molar-refractivity contribution in [3.05, 3.63) is 40.4 Å². The van der Waals surface area contributed by atoms with Gasteiger partial charge in [0.1, 0.15) is 0 Å². The molecule has 0 bridgehead atoms. The lowest BCUT2D eigenvalue weighted by Crippen LogP contribution is -2.24. The number of anilines is 2. The Hall–Kier alpha value is -2.74. The fourth-order valence-corrected chi connectivity index (χ4v) is 2.96. The zero-order valence-corrected chi connectivity index (χ0v) is 14.0. The number of hydrogen-bond donors (Lipinski definition) is 2. The van der Waals surface area contributed by atoms with Gasteiger partial charge in [0.05, 0.1) is 17.6 Å². The van der Waals surface area contributed by atoms with Gasteiger partial charge in [-0.15, -0.1) is 16.4 Å². The zero-order chi connectivity index (χ0) is 17.0. The summed E-state index contributed by atoms with van der Waals surface area (Å²) < 4.78 is 0. The van der Waals surface area contributed by atoms with Crippen LogP contribution >= 0.6 is 11.3 Å². The van der Waals surface area contributed by atoms with E-state index in [1.165, 1.54) is 24.5 Å². The first-order chi connectivity index (χ1) is 10.9. The van der Waals surface area contributed by atoms with Gasteiger partial charge in [-0.3, -0.25) is 9.69 Å². The van der Waals surface area contributed by atoms with Gasteiger partial charge in [-0.05, 0) is 25.0 Å². The highest BCUT2D eigenvalue weighted by Crippen LogP contribution is 2.33. The molecule has 0 aliphatic heterocycles. The summed E-state index contributed by atoms with van der Waals surface area (Å²) in [6.07, 6.45) is 1.43. The summed E-state index contributed by atoms with van der Waals surface area (Å²) in [6.45, 7) is 5.44. The van der Waals surface area contributed by atoms with E-state index in [2.05, 4.69) is 15.2 Å². The standard InChI is InChI=1S/C15H18N6OS/c1-9-5-4-6-10(2)13(9)21(11(3)22)15-19-12(8-23-15)7-18-20-14(16)17/h4-8H,1-3H3,(H4,16,17,20)/b18-7+. The largest absolute Gasteiger partial charge is 0.369 e. The Bertz CT molecular complexity index is 756. The second-order valence-electron chi connectivity index (χ2n) is 4.92. The van der Waals surface area contributed by atoms with Crippen molar-refractivity contribution in [1.29, 1.82) is 0 Å². The second kappa shape index (κ2) is 7.01. The van der Waals surface area contributed by atoms with Crippen molar-refractivity contribution >= 4 is 40.2 Å². The van der Waals surface area contributed by atoms with E-state index in [1.807, 2.05) is 32.0 Å². The number of hydrogen-bond acceptors (Lipinski definition) is 5. The van der Waals surface area contributed by atoms with Crippen LogP contribution in [0.15, 0.2) is 33.8 Å². The van der Waals surface area contributed by atoms with Gasteiger partial charge >= 0.3 is 0 Å². The van der Waals surface area contributed by atoms with Gasteiger partial charge in [-0.25, -0.2) is 4.98 Å². The number of thiazole rings is 1. The first kappa shape index (κ1) is 16.6. The van der Waals surface area contributed by atoms with Crippen LogP contribution in [-0.2, 0) is 4.79 Å². The number of nitrogens with zero attached hydrogens (tertiary/aromatic N) is 4. The number of benzene rings is 1. The quantitative estimate of drug-likeness (QED) is 0.508. The van der Waals surface area contributed by atoms with Crippen molar-refractivity contribution < 1.29 is 4.79 Å². The molecule has 120 valence electrons. The van der Waals surface area contributed by atoms with Crippen LogP contribution in [0.25, 0.3) is 0 Å². The average molecular weight is 330 g/mol. The molecule has 4 N–H and O–H groups in total. The Labute approximate surface area is 138 Å². The highest BCUT2D eigenvalue weighted by Gasteiger charge is 2.21. The molecule has 0 aliphatic carbocycles. The van der Waals surface area contributed by atoms with Gasteiger partial charge in [0, 0.05) is 12.3 Å². The molecular weight excluding hydrogens is 312 g/mol. The topological polar surface area (TPSA) is 110 Å². The fraction of sp³-hybridized carbons (Fsp3) is 0.200. The monoisotopic (exact) mass is 330 g/mol. The summed E-state index contributed by atoms with van der Waals surface area (Å²) in [5.74, 6) is -0.234. The maximum Gasteiger partial charge on any atom is 0.230 e. The Kier molecular flexibility index (Phi) is 5.07. The molecule has 1 aromatic carbocycles. The second-order valence-corrected chi connectivity index (χ2v) is 5.76. The van der Waals surface area contributed by atoms with Crippen LogP contribution in [0.2, 0.25) is 0 Å². The Morgan fingerprint density at radius 3 is 2.52 bits per heavy atom. The highest BCUT2D eigenvalue weighted by molar-refractivity contribution is 7.14. The third kappa shape index (κ3) is 3.92. The van der Waals surface area contributed by atoms with Crippen LogP contribution < -0.4 is 16.4 Å². The van der Waals surface area contributed by atoms with E-state index < -0.39 is 0 Å². The molecule has 0 radical (unpaired) electrons. The third-order valence-corrected chi connectivity index (χ3v) is 3.89. The van der Waals surface area contributed by atoms with E-state index >= 15 is 0 Å². The van der Waals surface area contributed by atoms with Gasteiger partial charge in [0.15, 0.2) is 5.13 Å². The number of carbonyl (C=O) groups excluding carboxylic acids is 1. The molecule has 2 rings (SSSR count). The molecule has 0 unspecified atom stereocenters. The van der Waals surface area contributed by atoms with E-state index in [1.54, 1.807) is 10.3 Å². The van der Waals surface area contributed by atoms with Crippen LogP contribution in [0.5, 0.6) is 0 Å². The maximum atomic E-state index is 12.2. The molecule has 0 atom stereocenters. The van der Waals surface area contributed by atoms with Gasteiger partial charge in [0.2, 0.25) is 11.9 Å². The van der Waals surface area contributed by atoms with Crippen molar-refractivity contribution in [1.82, 2.24) is 4.98 Å². The number of aromatic nitrogens is 1. The molecule has 1 aromatic heterocycles. The lowest BCUT2D eigenvalue weighted by molar-refractivity contribution is -0.115. The zero-order valence-electron chi connectivity index (χ0n) is 13.1. The molecule has 0 saturated carbocycles. The summed E-state index contributed by atoms with van der Waals surface area (Å²) in [4.78, 5) is 18.2. The molecule has 23 heavy (non-hydrogen) atoms. The van der Waals surface area contributed by atoms with Gasteiger partial charge < -0.3 is 11.5 Å². The third-order valence-electron chi connectivity index (χ3n) is 3.04. The molecule has 1 heterocycles. The van der Waals surface area contributed by atoms with Crippen molar-refractivity contribution in [3.63, 3.8) is 0 Å². The van der Waals surface area contributed by atoms with E-state index in [-0.39, 0.29) is 11.9 Å². The van der Waals surface area contributed by atoms with Gasteiger partial charge in [-0.1, -0.05) is 18.2 Å². The molecule has 0 saturated heterocycles. The van der Waals surface area contributed by atoms with Crippen LogP contribution in [0.1, 0.15) is 23.7 Å². The minimum Gasteiger partial charge on any atom is -0.369 e. The predicted octanol–water partition coefficient (Wildman–Crippen LogP) is 2.05. The van der Waals surface area contributed by atoms with Crippen LogP contribution in [0, 0.1) is 13.8 Å². The van der Waals surface area contributed by atoms with Crippen LogP contribution in [-0.4, -0.2) is 23.1 Å². The van der Waals surface area contributed by atoms with E-state index in [4.69, 9.17) is 11.5 Å². The van der Waals surface area contributed by atoms with Crippen molar-refractivity contribution in [2.75, 3.05) is 4.90 Å². The summed E-state index contributed by atoms with van der Waals surface area (Å²) in [6, 6.07) is 5.89. The molecule has 0 fully saturated rings. The lowest BCUT2D eigenvalue weighted by Gasteiger charge is -2.22. The number of guanidine groups is 1. The van der Waals surface area contributed by atoms with Crippen molar-refractivity contribution in [3.8, 4) is 0 Å². The summed E-state index contributed by atoms with van der Waals surface area (Å²) >= 11 is 1.35. The van der Waals surface area contributed by atoms with E-state index in [0.29, 0.717) is 10.8 Å². The van der Waals surface area contributed by atoms with Crippen molar-refractivity contribution in [2.45, 2.75) is 20.8 Å². The number of aryl methyl sites for hydroxylation is 2. The minimum atomic E-state index is -0.127. The summed E-state index contributed by atoms with van der Waals surface area (Å²) in [5.41, 5.74) is 13.8. The first-order valence-corrected chi connectivity index (χ1v) is 7.72. The Balaban J connectivity index is 2.41. The minimum absolute atomic E-state index is 0.107. The molecule has 1 amide bonds. The predicted molar refractivity (Wildman–Crippen MR) is 94.3 cm³/mol. The smallest absolute Gasteiger partial charge is 0.230 e. The fourth-order valence-electron chi connectivity index (χ4n) is 2.14. The van der Waals surface area contributed by atoms with Gasteiger partial charge in [0.25, 0.3) is 0 Å². The molecule has 2 aromatic rings. The molecule has 7 nitrogen and oxygen atoms in total. The van der Waals surface area contributed by atoms with E-state index in [9.17, 15) is 4.79 Å².